The maximum Gasteiger partial charge on any atom is 0.414 e. The van der Waals surface area contributed by atoms with Crippen LogP contribution in [0.1, 0.15) is 75.9 Å². The number of hydrogen-bond acceptors (Lipinski definition) is 8. The van der Waals surface area contributed by atoms with Crippen molar-refractivity contribution in [2.75, 3.05) is 25.2 Å². The molecule has 0 bridgehead atoms. The van der Waals surface area contributed by atoms with Gasteiger partial charge in [0.2, 0.25) is 0 Å². The molecule has 208 valence electrons. The van der Waals surface area contributed by atoms with Gasteiger partial charge in [-0.15, -0.1) is 11.3 Å². The minimum Gasteiger partial charge on any atom is -0.479 e. The third-order valence-electron chi connectivity index (χ3n) is 5.89. The number of amides is 1. The van der Waals surface area contributed by atoms with E-state index in [9.17, 15) is 14.4 Å². The topological polar surface area (TPSA) is 91.4 Å². The van der Waals surface area contributed by atoms with Crippen LogP contribution in [0.25, 0.3) is 10.4 Å². The van der Waals surface area contributed by atoms with Gasteiger partial charge in [-0.3, -0.25) is 4.90 Å². The zero-order chi connectivity index (χ0) is 27.9. The van der Waals surface area contributed by atoms with Gasteiger partial charge in [-0.1, -0.05) is 38.3 Å². The highest BCUT2D eigenvalue weighted by Gasteiger charge is 2.30. The summed E-state index contributed by atoms with van der Waals surface area (Å²) in [6.07, 6.45) is 5.54. The van der Waals surface area contributed by atoms with Crippen molar-refractivity contribution in [2.24, 2.45) is 0 Å². The molecule has 38 heavy (non-hydrogen) atoms. The van der Waals surface area contributed by atoms with E-state index in [-0.39, 0.29) is 29.4 Å². The molecule has 0 aliphatic heterocycles. The van der Waals surface area contributed by atoms with Crippen molar-refractivity contribution in [3.05, 3.63) is 33.6 Å². The number of methoxy groups -OCH3 is 1. The van der Waals surface area contributed by atoms with Crippen molar-refractivity contribution in [1.82, 2.24) is 0 Å². The van der Waals surface area contributed by atoms with Crippen LogP contribution in [0.15, 0.2) is 28.7 Å². The highest BCUT2D eigenvalue weighted by atomic mass is 79.9. The normalized spacial score (nSPS) is 14.1. The largest absolute Gasteiger partial charge is 0.479 e. The van der Waals surface area contributed by atoms with Crippen molar-refractivity contribution in [3.63, 3.8) is 0 Å². The predicted molar refractivity (Wildman–Crippen MR) is 151 cm³/mol. The molecule has 0 spiro atoms. The molecule has 0 N–H and O–H groups in total. The van der Waals surface area contributed by atoms with E-state index < -0.39 is 17.5 Å². The van der Waals surface area contributed by atoms with Crippen LogP contribution in [0.3, 0.4) is 0 Å². The highest BCUT2D eigenvalue weighted by Crippen LogP contribution is 2.46. The number of rotatable bonds is 9. The fraction of sp³-hybridized carbons (Fsp3) is 0.536. The molecule has 1 heterocycles. The third-order valence-corrected chi connectivity index (χ3v) is 8.11. The van der Waals surface area contributed by atoms with Crippen molar-refractivity contribution in [2.45, 2.75) is 77.9 Å². The van der Waals surface area contributed by atoms with E-state index in [1.165, 1.54) is 24.9 Å². The second kappa shape index (κ2) is 13.5. The summed E-state index contributed by atoms with van der Waals surface area (Å²) >= 11 is 4.75. The molecule has 0 saturated heterocycles. The Labute approximate surface area is 236 Å². The van der Waals surface area contributed by atoms with Gasteiger partial charge >= 0.3 is 18.0 Å². The smallest absolute Gasteiger partial charge is 0.414 e. The molecule has 2 aromatic rings. The number of ether oxygens (including phenoxy) is 4. The van der Waals surface area contributed by atoms with E-state index in [1.807, 2.05) is 31.2 Å². The average molecular weight is 611 g/mol. The number of thiophene rings is 1. The van der Waals surface area contributed by atoms with Crippen LogP contribution in [0.5, 0.6) is 5.75 Å². The van der Waals surface area contributed by atoms with Crippen molar-refractivity contribution in [1.29, 1.82) is 0 Å². The van der Waals surface area contributed by atoms with Crippen molar-refractivity contribution in [3.8, 4) is 16.2 Å². The number of esters is 2. The number of anilines is 1. The SMILES string of the molecule is CCCOC(=O)N(c1cccc(-c2sc(C(=O)OC)c(OCC(=O)OC(C)(C)C)c2Br)c1)C1CCCCC1. The number of carbonyl (C=O) groups is 3. The molecule has 8 nitrogen and oxygen atoms in total. The van der Waals surface area contributed by atoms with Gasteiger partial charge in [0.25, 0.3) is 0 Å². The van der Waals surface area contributed by atoms with Crippen molar-refractivity contribution < 1.29 is 33.3 Å². The average Bonchev–Trinajstić information content (AvgIpc) is 3.21. The van der Waals surface area contributed by atoms with Gasteiger partial charge in [-0.05, 0) is 73.7 Å². The molecule has 0 atom stereocenters. The van der Waals surface area contributed by atoms with Crippen LogP contribution < -0.4 is 9.64 Å². The summed E-state index contributed by atoms with van der Waals surface area (Å²) in [6.45, 7) is 7.27. The Bertz CT molecular complexity index is 1130. The summed E-state index contributed by atoms with van der Waals surface area (Å²) in [5, 5.41) is 0. The fourth-order valence-electron chi connectivity index (χ4n) is 4.30. The second-order valence-electron chi connectivity index (χ2n) is 10.1. The fourth-order valence-corrected chi connectivity index (χ4v) is 6.27. The Hall–Kier alpha value is -2.59. The molecular formula is C28H36BrNO7S. The quantitative estimate of drug-likeness (QED) is 0.216. The summed E-state index contributed by atoms with van der Waals surface area (Å²) < 4.78 is 22.1. The van der Waals surface area contributed by atoms with Gasteiger partial charge in [-0.25, -0.2) is 14.4 Å². The standard InChI is InChI=1S/C28H36BrNO7S/c1-6-15-35-27(33)30(19-12-8-7-9-13-19)20-14-10-11-18(16-20)24-22(29)23(25(38-24)26(32)34-5)36-17-21(31)37-28(2,3)4/h10-11,14,16,19H,6-9,12-13,15,17H2,1-5H3. The first-order valence-corrected chi connectivity index (χ1v) is 14.5. The summed E-state index contributed by atoms with van der Waals surface area (Å²) in [5.74, 6) is -0.924. The van der Waals surface area contributed by atoms with E-state index in [0.717, 1.165) is 43.4 Å². The molecule has 1 amide bonds. The van der Waals surface area contributed by atoms with E-state index >= 15 is 0 Å². The second-order valence-corrected chi connectivity index (χ2v) is 11.9. The predicted octanol–water partition coefficient (Wildman–Crippen LogP) is 7.37. The van der Waals surface area contributed by atoms with Crippen LogP contribution in [-0.4, -0.2) is 50.0 Å². The lowest BCUT2D eigenvalue weighted by atomic mass is 9.94. The molecule has 1 fully saturated rings. The minimum absolute atomic E-state index is 0.0634. The van der Waals surface area contributed by atoms with Crippen molar-refractivity contribution >= 4 is 51.0 Å². The summed E-state index contributed by atoms with van der Waals surface area (Å²) in [4.78, 5) is 40.6. The summed E-state index contributed by atoms with van der Waals surface area (Å²) in [7, 11) is 1.29. The minimum atomic E-state index is -0.661. The van der Waals surface area contributed by atoms with E-state index in [0.29, 0.717) is 16.0 Å². The zero-order valence-corrected chi connectivity index (χ0v) is 25.0. The van der Waals surface area contributed by atoms with Crippen LogP contribution in [-0.2, 0) is 19.0 Å². The number of halogens is 1. The van der Waals surface area contributed by atoms with Gasteiger partial charge in [0.15, 0.2) is 17.2 Å². The van der Waals surface area contributed by atoms with Crippen LogP contribution >= 0.6 is 27.3 Å². The summed E-state index contributed by atoms with van der Waals surface area (Å²) in [5.41, 5.74) is 0.846. The molecule has 1 aromatic carbocycles. The van der Waals surface area contributed by atoms with Gasteiger partial charge < -0.3 is 18.9 Å². The van der Waals surface area contributed by atoms with E-state index in [2.05, 4.69) is 15.9 Å². The Kier molecular flexibility index (Phi) is 10.6. The maximum atomic E-state index is 13.1. The molecule has 1 aliphatic carbocycles. The first-order valence-electron chi connectivity index (χ1n) is 12.9. The highest BCUT2D eigenvalue weighted by molar-refractivity contribution is 9.10. The summed E-state index contributed by atoms with van der Waals surface area (Å²) in [6, 6.07) is 7.65. The molecule has 10 heteroatoms. The molecule has 1 aliphatic rings. The van der Waals surface area contributed by atoms with Crippen LogP contribution in [0, 0.1) is 0 Å². The lowest BCUT2D eigenvalue weighted by Gasteiger charge is -2.33. The molecule has 3 rings (SSSR count). The van der Waals surface area contributed by atoms with Gasteiger partial charge in [0.05, 0.1) is 23.1 Å². The molecule has 1 aromatic heterocycles. The Morgan fingerprint density at radius 1 is 1.13 bits per heavy atom. The lowest BCUT2D eigenvalue weighted by molar-refractivity contribution is -0.157. The van der Waals surface area contributed by atoms with E-state index in [4.69, 9.17) is 18.9 Å². The van der Waals surface area contributed by atoms with Crippen LogP contribution in [0.2, 0.25) is 0 Å². The Morgan fingerprint density at radius 2 is 1.84 bits per heavy atom. The van der Waals surface area contributed by atoms with E-state index in [1.54, 1.807) is 25.7 Å². The van der Waals surface area contributed by atoms with Crippen LogP contribution in [0.4, 0.5) is 10.5 Å². The molecule has 0 radical (unpaired) electrons. The Balaban J connectivity index is 1.96. The lowest BCUT2D eigenvalue weighted by Crippen LogP contribution is -2.42. The van der Waals surface area contributed by atoms with Gasteiger partial charge in [0.1, 0.15) is 5.60 Å². The first-order chi connectivity index (χ1) is 18.1. The van der Waals surface area contributed by atoms with Gasteiger partial charge in [0, 0.05) is 11.7 Å². The number of carbonyl (C=O) groups excluding carboxylic acids is 3. The van der Waals surface area contributed by atoms with Gasteiger partial charge in [-0.2, -0.15) is 0 Å². The third kappa shape index (κ3) is 7.72. The number of nitrogens with zero attached hydrogens (tertiary/aromatic N) is 1. The molecule has 1 saturated carbocycles. The zero-order valence-electron chi connectivity index (χ0n) is 22.6. The number of hydrogen-bond donors (Lipinski definition) is 0. The molecule has 0 unspecified atom stereocenters. The first kappa shape index (κ1) is 30.0. The molecular weight excluding hydrogens is 574 g/mol. The maximum absolute atomic E-state index is 13.1. The number of benzene rings is 1. The Morgan fingerprint density at radius 3 is 2.47 bits per heavy atom. The monoisotopic (exact) mass is 609 g/mol.